The van der Waals surface area contributed by atoms with E-state index in [2.05, 4.69) is 13.8 Å². The van der Waals surface area contributed by atoms with Gasteiger partial charge in [0.2, 0.25) is 0 Å². The van der Waals surface area contributed by atoms with Crippen LogP contribution in [0.5, 0.6) is 0 Å². The molecular weight excluding hydrogens is 216 g/mol. The Morgan fingerprint density at radius 1 is 1.41 bits per heavy atom. The molecule has 2 fully saturated rings. The van der Waals surface area contributed by atoms with E-state index in [1.807, 2.05) is 0 Å². The van der Waals surface area contributed by atoms with E-state index in [0.29, 0.717) is 6.10 Å². The summed E-state index contributed by atoms with van der Waals surface area (Å²) in [5.74, 6) is 0.804. The minimum absolute atomic E-state index is 0.0588. The van der Waals surface area contributed by atoms with Crippen LogP contribution in [0.4, 0.5) is 0 Å². The first kappa shape index (κ1) is 13.3. The molecule has 3 unspecified atom stereocenters. The van der Waals surface area contributed by atoms with E-state index in [-0.39, 0.29) is 5.60 Å². The maximum atomic E-state index is 5.68. The van der Waals surface area contributed by atoms with Crippen LogP contribution < -0.4 is 0 Å². The van der Waals surface area contributed by atoms with Crippen LogP contribution in [-0.4, -0.2) is 38.1 Å². The largest absolute Gasteiger partial charge is 0.376 e. The highest BCUT2D eigenvalue weighted by molar-refractivity contribution is 4.94. The van der Waals surface area contributed by atoms with Gasteiger partial charge in [-0.25, -0.2) is 0 Å². The van der Waals surface area contributed by atoms with Crippen LogP contribution in [0.15, 0.2) is 0 Å². The topological polar surface area (TPSA) is 34.3 Å². The van der Waals surface area contributed by atoms with Gasteiger partial charge in [-0.2, -0.15) is 0 Å². The molecular formula is C14H26O3. The maximum absolute atomic E-state index is 5.68. The van der Waals surface area contributed by atoms with E-state index in [4.69, 9.17) is 14.2 Å². The Bertz CT molecular complexity index is 222. The summed E-state index contributed by atoms with van der Waals surface area (Å²) in [6.07, 6.45) is 6.77. The number of hydrogen-bond acceptors (Lipinski definition) is 3. The molecule has 0 radical (unpaired) electrons. The Morgan fingerprint density at radius 2 is 2.18 bits per heavy atom. The zero-order valence-electron chi connectivity index (χ0n) is 11.2. The smallest absolute Gasteiger partial charge is 0.115 e. The molecule has 0 spiro atoms. The molecule has 3 atom stereocenters. The van der Waals surface area contributed by atoms with Gasteiger partial charge < -0.3 is 14.2 Å². The third-order valence-electron chi connectivity index (χ3n) is 3.83. The average Bonchev–Trinajstić information content (AvgIpc) is 3.22. The van der Waals surface area contributed by atoms with Crippen molar-refractivity contribution < 1.29 is 14.2 Å². The van der Waals surface area contributed by atoms with Crippen LogP contribution >= 0.6 is 0 Å². The second-order valence-electron chi connectivity index (χ2n) is 5.56. The number of unbranched alkanes of at least 4 members (excludes halogenated alkanes) is 1. The molecule has 2 aliphatic rings. The molecule has 100 valence electrons. The van der Waals surface area contributed by atoms with Crippen molar-refractivity contribution in [2.45, 2.75) is 57.7 Å². The van der Waals surface area contributed by atoms with Gasteiger partial charge in [0.1, 0.15) is 11.7 Å². The monoisotopic (exact) mass is 242 g/mol. The zero-order chi connectivity index (χ0) is 12.1. The maximum Gasteiger partial charge on any atom is 0.115 e. The molecule has 0 aromatic carbocycles. The highest BCUT2D eigenvalue weighted by Crippen LogP contribution is 2.37. The molecule has 3 nitrogen and oxygen atoms in total. The Balaban J connectivity index is 1.63. The van der Waals surface area contributed by atoms with Gasteiger partial charge in [0.05, 0.1) is 26.4 Å². The zero-order valence-corrected chi connectivity index (χ0v) is 11.2. The lowest BCUT2D eigenvalue weighted by Gasteiger charge is -2.19. The second kappa shape index (κ2) is 6.17. The Labute approximate surface area is 105 Å². The van der Waals surface area contributed by atoms with Crippen molar-refractivity contribution in [1.82, 2.24) is 0 Å². The predicted octanol–water partition coefficient (Wildman–Crippen LogP) is 2.78. The van der Waals surface area contributed by atoms with Gasteiger partial charge in [-0.3, -0.25) is 0 Å². The molecule has 2 rings (SSSR count). The first-order chi connectivity index (χ1) is 8.28. The molecule has 0 bridgehead atoms. The summed E-state index contributed by atoms with van der Waals surface area (Å²) in [7, 11) is 0. The highest BCUT2D eigenvalue weighted by Gasteiger charge is 2.46. The summed E-state index contributed by atoms with van der Waals surface area (Å²) >= 11 is 0. The van der Waals surface area contributed by atoms with Gasteiger partial charge in [-0.15, -0.1) is 0 Å². The standard InChI is InChI=1S/C14H26O3/c1-3-5-6-12(4-2)7-14(11-17-14)10-15-8-13-9-16-13/h12-13H,3-11H2,1-2H3. The van der Waals surface area contributed by atoms with Gasteiger partial charge in [0.15, 0.2) is 0 Å². The van der Waals surface area contributed by atoms with Gasteiger partial charge in [-0.1, -0.05) is 39.5 Å². The molecule has 17 heavy (non-hydrogen) atoms. The summed E-state index contributed by atoms with van der Waals surface area (Å²) in [6, 6.07) is 0. The van der Waals surface area contributed by atoms with E-state index in [1.165, 1.54) is 32.1 Å². The third-order valence-corrected chi connectivity index (χ3v) is 3.83. The molecule has 0 aliphatic carbocycles. The van der Waals surface area contributed by atoms with E-state index in [1.54, 1.807) is 0 Å². The van der Waals surface area contributed by atoms with Gasteiger partial charge in [0.25, 0.3) is 0 Å². The van der Waals surface area contributed by atoms with E-state index < -0.39 is 0 Å². The lowest BCUT2D eigenvalue weighted by molar-refractivity contribution is 0.0571. The molecule has 0 aromatic rings. The van der Waals surface area contributed by atoms with Crippen LogP contribution in [0.3, 0.4) is 0 Å². The SMILES string of the molecule is CCCCC(CC)CC1(COCC2CO2)CO1. The summed E-state index contributed by atoms with van der Waals surface area (Å²) < 4.78 is 16.5. The van der Waals surface area contributed by atoms with Gasteiger partial charge in [0, 0.05) is 0 Å². The van der Waals surface area contributed by atoms with E-state index in [9.17, 15) is 0 Å². The fourth-order valence-corrected chi connectivity index (χ4v) is 2.37. The van der Waals surface area contributed by atoms with Crippen molar-refractivity contribution in [3.05, 3.63) is 0 Å². The fraction of sp³-hybridized carbons (Fsp3) is 1.00. The number of epoxide rings is 2. The van der Waals surface area contributed by atoms with Crippen LogP contribution in [-0.2, 0) is 14.2 Å². The van der Waals surface area contributed by atoms with Crippen molar-refractivity contribution in [3.8, 4) is 0 Å². The second-order valence-corrected chi connectivity index (χ2v) is 5.56. The molecule has 0 amide bonds. The molecule has 0 aromatic heterocycles. The summed E-state index contributed by atoms with van der Waals surface area (Å²) in [6.45, 7) is 7.82. The minimum atomic E-state index is 0.0588. The minimum Gasteiger partial charge on any atom is -0.376 e. The first-order valence-electron chi connectivity index (χ1n) is 7.11. The highest BCUT2D eigenvalue weighted by atomic mass is 16.6. The van der Waals surface area contributed by atoms with Gasteiger partial charge in [-0.05, 0) is 12.3 Å². The van der Waals surface area contributed by atoms with Crippen LogP contribution in [0.25, 0.3) is 0 Å². The number of ether oxygens (including phenoxy) is 3. The molecule has 2 saturated heterocycles. The van der Waals surface area contributed by atoms with Crippen molar-refractivity contribution >= 4 is 0 Å². The quantitative estimate of drug-likeness (QED) is 0.552. The van der Waals surface area contributed by atoms with Crippen molar-refractivity contribution in [2.24, 2.45) is 5.92 Å². The molecule has 3 heteroatoms. The fourth-order valence-electron chi connectivity index (χ4n) is 2.37. The lowest BCUT2D eigenvalue weighted by atomic mass is 9.89. The van der Waals surface area contributed by atoms with Crippen molar-refractivity contribution in [2.75, 3.05) is 26.4 Å². The Kier molecular flexibility index (Phi) is 4.83. The summed E-state index contributed by atoms with van der Waals surface area (Å²) in [4.78, 5) is 0. The van der Waals surface area contributed by atoms with E-state index >= 15 is 0 Å². The number of rotatable bonds is 10. The van der Waals surface area contributed by atoms with Crippen LogP contribution in [0.1, 0.15) is 46.0 Å². The summed E-state index contributed by atoms with van der Waals surface area (Å²) in [5.41, 5.74) is 0.0588. The molecule has 2 heterocycles. The van der Waals surface area contributed by atoms with Crippen molar-refractivity contribution in [1.29, 1.82) is 0 Å². The lowest BCUT2D eigenvalue weighted by Crippen LogP contribution is -2.24. The van der Waals surface area contributed by atoms with Crippen LogP contribution in [0.2, 0.25) is 0 Å². The van der Waals surface area contributed by atoms with E-state index in [0.717, 1.165) is 32.3 Å². The van der Waals surface area contributed by atoms with Crippen LogP contribution in [0, 0.1) is 5.92 Å². The Morgan fingerprint density at radius 3 is 2.71 bits per heavy atom. The first-order valence-corrected chi connectivity index (χ1v) is 7.11. The average molecular weight is 242 g/mol. The third kappa shape index (κ3) is 4.57. The normalized spacial score (nSPS) is 32.5. The molecule has 0 N–H and O–H groups in total. The molecule has 2 aliphatic heterocycles. The van der Waals surface area contributed by atoms with Crippen molar-refractivity contribution in [3.63, 3.8) is 0 Å². The molecule has 0 saturated carbocycles. The summed E-state index contributed by atoms with van der Waals surface area (Å²) in [5, 5.41) is 0. The predicted molar refractivity (Wildman–Crippen MR) is 67.2 cm³/mol. The number of hydrogen-bond donors (Lipinski definition) is 0. The Hall–Kier alpha value is -0.120. The van der Waals surface area contributed by atoms with Gasteiger partial charge >= 0.3 is 0 Å².